The van der Waals surface area contributed by atoms with E-state index >= 15 is 0 Å². The first-order valence-corrected chi connectivity index (χ1v) is 4.71. The van der Waals surface area contributed by atoms with Crippen molar-refractivity contribution in [3.8, 4) is 0 Å². The first kappa shape index (κ1) is 13.3. The standard InChI is InChI=1S/C8H5BrF5NO/c9-5-3(2-16)1-15-6(8(12,13)14)4(5)7(10)11/h1,7,16H,2H2. The van der Waals surface area contributed by atoms with Gasteiger partial charge in [-0.3, -0.25) is 4.98 Å². The summed E-state index contributed by atoms with van der Waals surface area (Å²) in [5.41, 5.74) is -3.02. The Hall–Kier alpha value is -0.760. The SMILES string of the molecule is OCc1cnc(C(F)(F)F)c(C(F)F)c1Br. The molecule has 0 aliphatic heterocycles. The van der Waals surface area contributed by atoms with Crippen molar-refractivity contribution in [3.63, 3.8) is 0 Å². The van der Waals surface area contributed by atoms with Crippen molar-refractivity contribution in [3.05, 3.63) is 27.5 Å². The van der Waals surface area contributed by atoms with E-state index in [2.05, 4.69) is 20.9 Å². The highest BCUT2D eigenvalue weighted by molar-refractivity contribution is 9.10. The largest absolute Gasteiger partial charge is 0.433 e. The van der Waals surface area contributed by atoms with Gasteiger partial charge in [0.05, 0.1) is 12.2 Å². The minimum Gasteiger partial charge on any atom is -0.392 e. The van der Waals surface area contributed by atoms with Gasteiger partial charge in [0.1, 0.15) is 0 Å². The van der Waals surface area contributed by atoms with Crippen molar-refractivity contribution in [1.29, 1.82) is 0 Å². The van der Waals surface area contributed by atoms with Gasteiger partial charge in [-0.05, 0) is 15.9 Å². The Morgan fingerprint density at radius 1 is 1.38 bits per heavy atom. The first-order chi connectivity index (χ1) is 7.29. The third kappa shape index (κ3) is 2.49. The Bertz CT molecular complexity index is 393. The molecule has 0 spiro atoms. The third-order valence-corrected chi connectivity index (χ3v) is 2.72. The molecule has 16 heavy (non-hydrogen) atoms. The molecule has 1 aromatic heterocycles. The lowest BCUT2D eigenvalue weighted by molar-refractivity contribution is -0.143. The number of aliphatic hydroxyl groups is 1. The fourth-order valence-corrected chi connectivity index (χ4v) is 1.67. The van der Waals surface area contributed by atoms with Crippen LogP contribution in [0.15, 0.2) is 10.7 Å². The number of nitrogens with zero attached hydrogens (tertiary/aromatic N) is 1. The Balaban J connectivity index is 3.47. The molecule has 0 amide bonds. The van der Waals surface area contributed by atoms with E-state index in [1.54, 1.807) is 0 Å². The van der Waals surface area contributed by atoms with E-state index in [0.29, 0.717) is 6.20 Å². The highest BCUT2D eigenvalue weighted by Gasteiger charge is 2.39. The maximum Gasteiger partial charge on any atom is 0.433 e. The van der Waals surface area contributed by atoms with Crippen LogP contribution in [0.3, 0.4) is 0 Å². The summed E-state index contributed by atoms with van der Waals surface area (Å²) < 4.78 is 61.5. The van der Waals surface area contributed by atoms with E-state index in [1.807, 2.05) is 0 Å². The van der Waals surface area contributed by atoms with Gasteiger partial charge in [0.15, 0.2) is 5.69 Å². The molecular formula is C8H5BrF5NO. The second-order valence-corrected chi connectivity index (χ2v) is 3.61. The second kappa shape index (κ2) is 4.62. The van der Waals surface area contributed by atoms with Gasteiger partial charge in [-0.15, -0.1) is 0 Å². The number of alkyl halides is 5. The molecule has 0 aromatic carbocycles. The molecule has 0 saturated carbocycles. The number of aliphatic hydroxyl groups excluding tert-OH is 1. The van der Waals surface area contributed by atoms with Gasteiger partial charge in [-0.25, -0.2) is 8.78 Å². The van der Waals surface area contributed by atoms with Gasteiger partial charge >= 0.3 is 6.18 Å². The number of hydrogen-bond donors (Lipinski definition) is 1. The molecule has 90 valence electrons. The summed E-state index contributed by atoms with van der Waals surface area (Å²) in [4.78, 5) is 2.91. The van der Waals surface area contributed by atoms with Crippen molar-refractivity contribution < 1.29 is 27.1 Å². The normalized spacial score (nSPS) is 12.2. The summed E-state index contributed by atoms with van der Waals surface area (Å²) in [5, 5.41) is 8.72. The first-order valence-electron chi connectivity index (χ1n) is 3.92. The maximum atomic E-state index is 12.5. The molecule has 0 unspecified atom stereocenters. The highest BCUT2D eigenvalue weighted by Crippen LogP contribution is 2.39. The van der Waals surface area contributed by atoms with Crippen LogP contribution in [0, 0.1) is 0 Å². The lowest BCUT2D eigenvalue weighted by atomic mass is 10.1. The lowest BCUT2D eigenvalue weighted by Gasteiger charge is -2.14. The Morgan fingerprint density at radius 2 is 1.94 bits per heavy atom. The smallest absolute Gasteiger partial charge is 0.392 e. The fourth-order valence-electron chi connectivity index (χ4n) is 1.08. The average Bonchev–Trinajstić information content (AvgIpc) is 2.15. The van der Waals surface area contributed by atoms with Crippen LogP contribution in [0.4, 0.5) is 22.0 Å². The van der Waals surface area contributed by atoms with Gasteiger partial charge in [0.25, 0.3) is 6.43 Å². The molecule has 0 fully saturated rings. The topological polar surface area (TPSA) is 33.1 Å². The summed E-state index contributed by atoms with van der Waals surface area (Å²) in [6.07, 6.45) is -7.58. The third-order valence-electron chi connectivity index (χ3n) is 1.78. The van der Waals surface area contributed by atoms with Gasteiger partial charge in [-0.2, -0.15) is 13.2 Å². The molecule has 0 aliphatic carbocycles. The molecule has 1 rings (SSSR count). The fraction of sp³-hybridized carbons (Fsp3) is 0.375. The van der Waals surface area contributed by atoms with Crippen molar-refractivity contribution in [1.82, 2.24) is 4.98 Å². The molecule has 8 heteroatoms. The van der Waals surface area contributed by atoms with Crippen LogP contribution in [0.5, 0.6) is 0 Å². The van der Waals surface area contributed by atoms with Crippen molar-refractivity contribution in [2.24, 2.45) is 0 Å². The van der Waals surface area contributed by atoms with Crippen molar-refractivity contribution in [2.45, 2.75) is 19.2 Å². The molecule has 0 aliphatic rings. The highest BCUT2D eigenvalue weighted by atomic mass is 79.9. The van der Waals surface area contributed by atoms with Gasteiger partial charge in [0, 0.05) is 16.2 Å². The van der Waals surface area contributed by atoms with Crippen LogP contribution in [0.2, 0.25) is 0 Å². The van der Waals surface area contributed by atoms with E-state index in [4.69, 9.17) is 5.11 Å². The van der Waals surface area contributed by atoms with Gasteiger partial charge in [-0.1, -0.05) is 0 Å². The van der Waals surface area contributed by atoms with Crippen LogP contribution in [-0.2, 0) is 12.8 Å². The van der Waals surface area contributed by atoms with Crippen LogP contribution >= 0.6 is 15.9 Å². The predicted molar refractivity (Wildman–Crippen MR) is 47.8 cm³/mol. The Morgan fingerprint density at radius 3 is 2.31 bits per heavy atom. The Kier molecular flexibility index (Phi) is 3.84. The zero-order chi connectivity index (χ0) is 12.5. The minimum absolute atomic E-state index is 0.122. The quantitative estimate of drug-likeness (QED) is 0.851. The Labute approximate surface area is 95.2 Å². The van der Waals surface area contributed by atoms with Crippen LogP contribution in [-0.4, -0.2) is 10.1 Å². The summed E-state index contributed by atoms with van der Waals surface area (Å²) in [6, 6.07) is 0. The van der Waals surface area contributed by atoms with Gasteiger partial charge < -0.3 is 5.11 Å². The van der Waals surface area contributed by atoms with Crippen molar-refractivity contribution >= 4 is 15.9 Å². The number of pyridine rings is 1. The van der Waals surface area contributed by atoms with E-state index < -0.39 is 34.9 Å². The molecule has 0 bridgehead atoms. The van der Waals surface area contributed by atoms with E-state index in [1.165, 1.54) is 0 Å². The van der Waals surface area contributed by atoms with E-state index in [9.17, 15) is 22.0 Å². The number of halogens is 6. The monoisotopic (exact) mass is 305 g/mol. The molecule has 2 nitrogen and oxygen atoms in total. The number of aromatic nitrogens is 1. The summed E-state index contributed by atoms with van der Waals surface area (Å²) >= 11 is 2.61. The zero-order valence-electron chi connectivity index (χ0n) is 7.52. The molecule has 0 radical (unpaired) electrons. The lowest BCUT2D eigenvalue weighted by Crippen LogP contribution is -2.14. The van der Waals surface area contributed by atoms with Crippen LogP contribution in [0.1, 0.15) is 23.2 Å². The summed E-state index contributed by atoms with van der Waals surface area (Å²) in [7, 11) is 0. The molecule has 0 atom stereocenters. The van der Waals surface area contributed by atoms with Gasteiger partial charge in [0.2, 0.25) is 0 Å². The molecule has 1 heterocycles. The summed E-state index contributed by atoms with van der Waals surface area (Å²) in [6.45, 7) is -0.675. The molecule has 1 aromatic rings. The minimum atomic E-state index is -4.96. The van der Waals surface area contributed by atoms with Crippen LogP contribution < -0.4 is 0 Å². The average molecular weight is 306 g/mol. The predicted octanol–water partition coefficient (Wildman–Crippen LogP) is 3.29. The van der Waals surface area contributed by atoms with Crippen molar-refractivity contribution in [2.75, 3.05) is 0 Å². The van der Waals surface area contributed by atoms with E-state index in [-0.39, 0.29) is 5.56 Å². The number of rotatable bonds is 2. The zero-order valence-corrected chi connectivity index (χ0v) is 9.11. The maximum absolute atomic E-state index is 12.5. The second-order valence-electron chi connectivity index (χ2n) is 2.82. The van der Waals surface area contributed by atoms with E-state index in [0.717, 1.165) is 0 Å². The summed E-state index contributed by atoms with van der Waals surface area (Å²) in [5.74, 6) is 0. The molecular weight excluding hydrogens is 301 g/mol. The number of hydrogen-bond acceptors (Lipinski definition) is 2. The molecule has 1 N–H and O–H groups in total. The molecule has 0 saturated heterocycles. The van der Waals surface area contributed by atoms with Crippen LogP contribution in [0.25, 0.3) is 0 Å².